The summed E-state index contributed by atoms with van der Waals surface area (Å²) >= 11 is 0.660. The molecule has 1 aliphatic carbocycles. The van der Waals surface area contributed by atoms with E-state index in [-0.39, 0.29) is 38.5 Å². The van der Waals surface area contributed by atoms with Gasteiger partial charge in [-0.25, -0.2) is 26.6 Å². The average Bonchev–Trinajstić information content (AvgIpc) is 3.29. The van der Waals surface area contributed by atoms with Crippen molar-refractivity contribution >= 4 is 37.8 Å². The molecule has 2 fully saturated rings. The Kier molecular flexibility index (Phi) is 6.13. The van der Waals surface area contributed by atoms with Crippen LogP contribution in [0.25, 0.3) is 21.5 Å². The lowest BCUT2D eigenvalue weighted by Crippen LogP contribution is -2.54. The number of anilines is 1. The average molecular weight is 540 g/mol. The van der Waals surface area contributed by atoms with Crippen molar-refractivity contribution in [2.45, 2.75) is 62.6 Å². The predicted octanol–water partition coefficient (Wildman–Crippen LogP) is 2.41. The standard InChI is InChI=1S/C22H27F2N7O3S2/c1-11-9-31(10-12(2)25-11)15-8-13(36(33,34)29-22(3)5-6-22)7-14-16(15)21(32)30(4)28-17(14)19-26-27-20(35-19)18(23)24/h7-8,11-12,18,25,29H,5-6,9-10H2,1-4H3/t11-,12-/m1/s1. The van der Waals surface area contributed by atoms with E-state index in [2.05, 4.69) is 25.3 Å². The van der Waals surface area contributed by atoms with Gasteiger partial charge in [-0.1, -0.05) is 11.3 Å². The first kappa shape index (κ1) is 25.1. The zero-order valence-corrected chi connectivity index (χ0v) is 21.9. The quantitative estimate of drug-likeness (QED) is 0.490. The number of fused-ring (bicyclic) bond motifs is 1. The van der Waals surface area contributed by atoms with E-state index in [1.54, 1.807) is 0 Å². The van der Waals surface area contributed by atoms with Crippen LogP contribution in [0.4, 0.5) is 14.5 Å². The van der Waals surface area contributed by atoms with Gasteiger partial charge in [-0.05, 0) is 45.7 Å². The van der Waals surface area contributed by atoms with Crippen LogP contribution in [-0.2, 0) is 17.1 Å². The van der Waals surface area contributed by atoms with Crippen LogP contribution in [-0.4, -0.2) is 59.1 Å². The third-order valence-electron chi connectivity index (χ3n) is 6.52. The number of piperazine rings is 1. The molecule has 5 rings (SSSR count). The molecule has 2 atom stereocenters. The smallest absolute Gasteiger partial charge is 0.291 e. The Morgan fingerprint density at radius 1 is 1.19 bits per heavy atom. The van der Waals surface area contributed by atoms with Crippen LogP contribution in [0.3, 0.4) is 0 Å². The van der Waals surface area contributed by atoms with Gasteiger partial charge >= 0.3 is 0 Å². The van der Waals surface area contributed by atoms with Crippen LogP contribution in [0.15, 0.2) is 21.8 Å². The van der Waals surface area contributed by atoms with Gasteiger partial charge in [-0.3, -0.25) is 4.79 Å². The van der Waals surface area contributed by atoms with E-state index in [0.29, 0.717) is 30.1 Å². The van der Waals surface area contributed by atoms with Crippen molar-refractivity contribution in [2.75, 3.05) is 18.0 Å². The Balaban J connectivity index is 1.79. The van der Waals surface area contributed by atoms with Crippen molar-refractivity contribution < 1.29 is 17.2 Å². The van der Waals surface area contributed by atoms with Gasteiger partial charge in [0, 0.05) is 43.1 Å². The highest BCUT2D eigenvalue weighted by Crippen LogP contribution is 2.39. The largest absolute Gasteiger partial charge is 0.368 e. The van der Waals surface area contributed by atoms with E-state index in [9.17, 15) is 22.0 Å². The first-order chi connectivity index (χ1) is 16.9. The number of benzene rings is 1. The number of rotatable bonds is 6. The van der Waals surface area contributed by atoms with Crippen LogP contribution in [0.1, 0.15) is 45.0 Å². The van der Waals surface area contributed by atoms with Crippen LogP contribution in [0, 0.1) is 0 Å². The maximum atomic E-state index is 13.4. The number of aryl methyl sites for hydroxylation is 1. The second-order valence-electron chi connectivity index (χ2n) is 9.93. The normalized spacial score (nSPS) is 21.9. The van der Waals surface area contributed by atoms with Gasteiger partial charge in [0.1, 0.15) is 5.69 Å². The molecule has 194 valence electrons. The lowest BCUT2D eigenvalue weighted by Gasteiger charge is -2.38. The second kappa shape index (κ2) is 8.78. The van der Waals surface area contributed by atoms with Gasteiger partial charge in [0.05, 0.1) is 16.0 Å². The summed E-state index contributed by atoms with van der Waals surface area (Å²) in [5, 5.41) is 15.2. The molecular formula is C22H27F2N7O3S2. The lowest BCUT2D eigenvalue weighted by atomic mass is 10.1. The Hall–Kier alpha value is -2.55. The van der Waals surface area contributed by atoms with Crippen molar-refractivity contribution in [3.63, 3.8) is 0 Å². The number of nitrogens with zero attached hydrogens (tertiary/aromatic N) is 5. The highest BCUT2D eigenvalue weighted by Gasteiger charge is 2.41. The minimum Gasteiger partial charge on any atom is -0.368 e. The number of nitrogens with one attached hydrogen (secondary N) is 2. The molecular weight excluding hydrogens is 512 g/mol. The summed E-state index contributed by atoms with van der Waals surface area (Å²) in [7, 11) is -2.48. The van der Waals surface area contributed by atoms with E-state index in [1.165, 1.54) is 19.2 Å². The molecule has 1 saturated heterocycles. The summed E-state index contributed by atoms with van der Waals surface area (Å²) in [5.41, 5.74) is -0.349. The summed E-state index contributed by atoms with van der Waals surface area (Å²) in [6.07, 6.45) is -1.35. The predicted molar refractivity (Wildman–Crippen MR) is 133 cm³/mol. The molecule has 0 amide bonds. The molecule has 0 unspecified atom stereocenters. The summed E-state index contributed by atoms with van der Waals surface area (Å²) < 4.78 is 57.2. The third kappa shape index (κ3) is 4.62. The van der Waals surface area contributed by atoms with Gasteiger partial charge < -0.3 is 10.2 Å². The molecule has 1 saturated carbocycles. The number of hydrogen-bond acceptors (Lipinski definition) is 9. The fourth-order valence-corrected chi connectivity index (χ4v) is 6.81. The van der Waals surface area contributed by atoms with Crippen molar-refractivity contribution in [3.8, 4) is 10.7 Å². The molecule has 36 heavy (non-hydrogen) atoms. The maximum absolute atomic E-state index is 13.4. The van der Waals surface area contributed by atoms with E-state index in [1.807, 2.05) is 25.7 Å². The highest BCUT2D eigenvalue weighted by molar-refractivity contribution is 7.89. The van der Waals surface area contributed by atoms with Gasteiger partial charge in [0.2, 0.25) is 10.0 Å². The molecule has 0 spiro atoms. The van der Waals surface area contributed by atoms with Gasteiger partial charge in [-0.15, -0.1) is 10.2 Å². The molecule has 2 N–H and O–H groups in total. The first-order valence-corrected chi connectivity index (χ1v) is 13.9. The third-order valence-corrected chi connectivity index (χ3v) is 9.08. The Morgan fingerprint density at radius 3 is 2.44 bits per heavy atom. The van der Waals surface area contributed by atoms with Crippen LogP contribution in [0.5, 0.6) is 0 Å². The molecule has 1 aliphatic heterocycles. The van der Waals surface area contributed by atoms with Crippen molar-refractivity contribution in [1.82, 2.24) is 30.0 Å². The van der Waals surface area contributed by atoms with Crippen LogP contribution < -0.4 is 20.5 Å². The molecule has 1 aromatic carbocycles. The summed E-state index contributed by atoms with van der Waals surface area (Å²) in [6.45, 7) is 6.95. The Labute approximate surface area is 210 Å². The minimum absolute atomic E-state index is 0.0214. The van der Waals surface area contributed by atoms with E-state index >= 15 is 0 Å². The zero-order chi connectivity index (χ0) is 26.0. The summed E-state index contributed by atoms with van der Waals surface area (Å²) in [5.74, 6) is 0. The van der Waals surface area contributed by atoms with Gasteiger partial charge in [-0.2, -0.15) is 5.10 Å². The summed E-state index contributed by atoms with van der Waals surface area (Å²) in [6, 6.07) is 3.09. The van der Waals surface area contributed by atoms with Crippen LogP contribution >= 0.6 is 11.3 Å². The number of alkyl halides is 2. The molecule has 2 aliphatic rings. The van der Waals surface area contributed by atoms with Crippen molar-refractivity contribution in [1.29, 1.82) is 0 Å². The van der Waals surface area contributed by atoms with E-state index in [4.69, 9.17) is 0 Å². The van der Waals surface area contributed by atoms with Crippen molar-refractivity contribution in [3.05, 3.63) is 27.5 Å². The van der Waals surface area contributed by atoms with E-state index < -0.39 is 32.6 Å². The first-order valence-electron chi connectivity index (χ1n) is 11.6. The van der Waals surface area contributed by atoms with Gasteiger partial charge in [0.25, 0.3) is 12.0 Å². The van der Waals surface area contributed by atoms with E-state index in [0.717, 1.165) is 17.5 Å². The molecule has 0 bridgehead atoms. The number of aromatic nitrogens is 4. The number of sulfonamides is 1. The number of hydrogen-bond donors (Lipinski definition) is 2. The minimum atomic E-state index is -3.95. The molecule has 14 heteroatoms. The zero-order valence-electron chi connectivity index (χ0n) is 20.2. The fraction of sp³-hybridized carbons (Fsp3) is 0.545. The molecule has 3 aromatic rings. The Morgan fingerprint density at radius 2 is 1.86 bits per heavy atom. The molecule has 3 heterocycles. The molecule has 10 nitrogen and oxygen atoms in total. The second-order valence-corrected chi connectivity index (χ2v) is 12.6. The lowest BCUT2D eigenvalue weighted by molar-refractivity contribution is 0.150. The monoisotopic (exact) mass is 539 g/mol. The SMILES string of the molecule is C[C@@H]1CN(c2cc(S(=O)(=O)NC3(C)CC3)cc3c(-c4nnc(C(F)F)s4)nn(C)c(=O)c23)C[C@@H](C)N1. The summed E-state index contributed by atoms with van der Waals surface area (Å²) in [4.78, 5) is 15.4. The van der Waals surface area contributed by atoms with Gasteiger partial charge in [0.15, 0.2) is 10.0 Å². The molecule has 0 radical (unpaired) electrons. The van der Waals surface area contributed by atoms with Crippen molar-refractivity contribution in [2.24, 2.45) is 7.05 Å². The molecule has 2 aromatic heterocycles. The highest BCUT2D eigenvalue weighted by atomic mass is 32.2. The Bertz CT molecular complexity index is 1490. The maximum Gasteiger partial charge on any atom is 0.291 e. The fourth-order valence-electron chi connectivity index (χ4n) is 4.60. The topological polar surface area (TPSA) is 122 Å². The number of halogens is 2. The van der Waals surface area contributed by atoms with Crippen LogP contribution in [0.2, 0.25) is 0 Å².